The number of nitrogens with zero attached hydrogens (tertiary/aromatic N) is 3. The molecule has 0 bridgehead atoms. The Hall–Kier alpha value is -2.50. The first-order valence-corrected chi connectivity index (χ1v) is 7.64. The van der Waals surface area contributed by atoms with E-state index in [4.69, 9.17) is 5.73 Å². The highest BCUT2D eigenvalue weighted by molar-refractivity contribution is 6.05. The molecule has 0 unspecified atom stereocenters. The van der Waals surface area contributed by atoms with Gasteiger partial charge >= 0.3 is 0 Å². The summed E-state index contributed by atoms with van der Waals surface area (Å²) in [5.74, 6) is 0. The van der Waals surface area contributed by atoms with Gasteiger partial charge in [-0.1, -0.05) is 25.8 Å². The summed E-state index contributed by atoms with van der Waals surface area (Å²) in [6, 6.07) is 0. The van der Waals surface area contributed by atoms with Gasteiger partial charge < -0.3 is 15.4 Å². The van der Waals surface area contributed by atoms with Crippen LogP contribution in [0, 0.1) is 0 Å². The SMILES string of the molecule is C=CCn1cc2nc3c(c[nH]n3CCCCC)c(N)c2c1=O. The predicted molar refractivity (Wildman–Crippen MR) is 90.0 cm³/mol. The summed E-state index contributed by atoms with van der Waals surface area (Å²) in [5.41, 5.74) is 8.05. The van der Waals surface area contributed by atoms with E-state index in [-0.39, 0.29) is 5.56 Å². The third kappa shape index (κ3) is 2.20. The Labute approximate surface area is 128 Å². The standard InChI is InChI=1S/C16H21N5O/c1-3-5-6-8-21-15-11(9-18-21)14(17)13-12(19-15)10-20(7-4-2)16(13)22/h4,9-10,18H,2-3,5-8,17H2,1H3. The van der Waals surface area contributed by atoms with E-state index >= 15 is 0 Å². The lowest BCUT2D eigenvalue weighted by Crippen LogP contribution is -2.13. The van der Waals surface area contributed by atoms with Crippen molar-refractivity contribution in [3.05, 3.63) is 35.4 Å². The number of allylic oxidation sites excluding steroid dienone is 1. The molecule has 0 atom stereocenters. The van der Waals surface area contributed by atoms with E-state index in [1.54, 1.807) is 16.8 Å². The maximum atomic E-state index is 12.4. The molecule has 0 amide bonds. The normalized spacial score (nSPS) is 11.5. The summed E-state index contributed by atoms with van der Waals surface area (Å²) >= 11 is 0. The van der Waals surface area contributed by atoms with Gasteiger partial charge in [-0.15, -0.1) is 6.58 Å². The lowest BCUT2D eigenvalue weighted by Gasteiger charge is -2.04. The number of unbranched alkanes of at least 4 members (excludes halogenated alkanes) is 2. The number of fused-ring (bicyclic) bond motifs is 2. The van der Waals surface area contributed by atoms with Crippen LogP contribution in [0.1, 0.15) is 26.2 Å². The predicted octanol–water partition coefficient (Wildman–Crippen LogP) is 2.64. The molecule has 0 fully saturated rings. The van der Waals surface area contributed by atoms with Crippen molar-refractivity contribution in [2.24, 2.45) is 0 Å². The number of hydrogen-bond donors (Lipinski definition) is 2. The smallest absolute Gasteiger partial charge is 0.262 e. The van der Waals surface area contributed by atoms with Gasteiger partial charge in [0.25, 0.3) is 5.56 Å². The number of hydrogen-bond acceptors (Lipinski definition) is 3. The molecule has 6 nitrogen and oxygen atoms in total. The van der Waals surface area contributed by atoms with E-state index in [0.717, 1.165) is 24.0 Å². The molecule has 0 aromatic carbocycles. The monoisotopic (exact) mass is 299 g/mol. The van der Waals surface area contributed by atoms with Crippen LogP contribution < -0.4 is 11.3 Å². The maximum absolute atomic E-state index is 12.4. The molecule has 3 heterocycles. The first kappa shape index (κ1) is 14.4. The fraction of sp³-hybridized carbons (Fsp3) is 0.375. The van der Waals surface area contributed by atoms with Crippen LogP contribution in [0.15, 0.2) is 29.8 Å². The summed E-state index contributed by atoms with van der Waals surface area (Å²) in [7, 11) is 0. The van der Waals surface area contributed by atoms with Crippen LogP contribution in [0.25, 0.3) is 21.9 Å². The number of rotatable bonds is 6. The van der Waals surface area contributed by atoms with Crippen molar-refractivity contribution in [1.82, 2.24) is 19.3 Å². The Morgan fingerprint density at radius 2 is 2.27 bits per heavy atom. The van der Waals surface area contributed by atoms with Crippen molar-refractivity contribution >= 4 is 27.6 Å². The molecule has 6 heteroatoms. The molecule has 0 aliphatic rings. The Morgan fingerprint density at radius 3 is 3.00 bits per heavy atom. The summed E-state index contributed by atoms with van der Waals surface area (Å²) < 4.78 is 3.58. The Bertz CT molecular complexity index is 883. The van der Waals surface area contributed by atoms with Crippen molar-refractivity contribution in [2.75, 3.05) is 5.73 Å². The lowest BCUT2D eigenvalue weighted by molar-refractivity contribution is 0.564. The van der Waals surface area contributed by atoms with Crippen LogP contribution in [0.2, 0.25) is 0 Å². The number of nitrogen functional groups attached to an aromatic ring is 1. The van der Waals surface area contributed by atoms with Crippen LogP contribution in [0.4, 0.5) is 5.69 Å². The van der Waals surface area contributed by atoms with Gasteiger partial charge in [-0.05, 0) is 6.42 Å². The fourth-order valence-electron chi connectivity index (χ4n) is 2.81. The Morgan fingerprint density at radius 1 is 1.45 bits per heavy atom. The summed E-state index contributed by atoms with van der Waals surface area (Å²) in [6.45, 7) is 7.17. The third-order valence-electron chi connectivity index (χ3n) is 3.97. The van der Waals surface area contributed by atoms with Gasteiger partial charge in [0, 0.05) is 25.5 Å². The molecule has 0 saturated heterocycles. The van der Waals surface area contributed by atoms with Gasteiger partial charge in [-0.2, -0.15) is 0 Å². The molecule has 116 valence electrons. The number of H-pyrrole nitrogens is 1. The minimum absolute atomic E-state index is 0.111. The average Bonchev–Trinajstić information content (AvgIpc) is 3.03. The first-order valence-electron chi connectivity index (χ1n) is 7.64. The van der Waals surface area contributed by atoms with E-state index in [2.05, 4.69) is 23.6 Å². The number of nitrogens with two attached hydrogens (primary N) is 1. The maximum Gasteiger partial charge on any atom is 0.262 e. The van der Waals surface area contributed by atoms with Crippen LogP contribution in [-0.2, 0) is 13.1 Å². The van der Waals surface area contributed by atoms with E-state index in [1.807, 2.05) is 10.9 Å². The number of anilines is 1. The number of nitrogens with one attached hydrogen (secondary N) is 1. The molecule has 0 aliphatic carbocycles. The number of pyridine rings is 1. The molecule has 0 saturated carbocycles. The zero-order valence-corrected chi connectivity index (χ0v) is 12.8. The molecule has 0 radical (unpaired) electrons. The molecule has 3 aromatic heterocycles. The van der Waals surface area contributed by atoms with Crippen molar-refractivity contribution in [1.29, 1.82) is 0 Å². The molecular weight excluding hydrogens is 278 g/mol. The second kappa shape index (κ2) is 5.71. The molecule has 0 spiro atoms. The number of aromatic amines is 1. The molecular formula is C16H21N5O. The molecule has 3 aromatic rings. The van der Waals surface area contributed by atoms with Gasteiger partial charge in [0.05, 0.1) is 22.0 Å². The van der Waals surface area contributed by atoms with Crippen LogP contribution in [0.3, 0.4) is 0 Å². The summed E-state index contributed by atoms with van der Waals surface area (Å²) in [5, 5.41) is 4.48. The van der Waals surface area contributed by atoms with Gasteiger partial charge in [0.15, 0.2) is 5.65 Å². The highest BCUT2D eigenvalue weighted by atomic mass is 16.1. The molecule has 0 aliphatic heterocycles. The minimum atomic E-state index is -0.111. The summed E-state index contributed by atoms with van der Waals surface area (Å²) in [4.78, 5) is 17.0. The zero-order valence-electron chi connectivity index (χ0n) is 12.8. The van der Waals surface area contributed by atoms with Crippen LogP contribution in [0.5, 0.6) is 0 Å². The van der Waals surface area contributed by atoms with E-state index in [1.165, 1.54) is 12.8 Å². The molecule has 22 heavy (non-hydrogen) atoms. The van der Waals surface area contributed by atoms with Crippen molar-refractivity contribution < 1.29 is 0 Å². The van der Waals surface area contributed by atoms with E-state index in [9.17, 15) is 4.79 Å². The minimum Gasteiger partial charge on any atom is -0.397 e. The average molecular weight is 299 g/mol. The number of aromatic nitrogens is 4. The van der Waals surface area contributed by atoms with Gasteiger partial charge in [-0.25, -0.2) is 4.98 Å². The molecule has 3 N–H and O–H groups in total. The lowest BCUT2D eigenvalue weighted by atomic mass is 10.2. The molecule has 3 rings (SSSR count). The van der Waals surface area contributed by atoms with Crippen LogP contribution in [-0.4, -0.2) is 19.3 Å². The summed E-state index contributed by atoms with van der Waals surface area (Å²) in [6.07, 6.45) is 8.69. The van der Waals surface area contributed by atoms with Crippen molar-refractivity contribution in [3.8, 4) is 0 Å². The Kier molecular flexibility index (Phi) is 3.75. The largest absolute Gasteiger partial charge is 0.397 e. The topological polar surface area (TPSA) is 81.6 Å². The fourth-order valence-corrected chi connectivity index (χ4v) is 2.81. The van der Waals surface area contributed by atoms with Gasteiger partial charge in [0.2, 0.25) is 0 Å². The van der Waals surface area contributed by atoms with Crippen molar-refractivity contribution in [3.63, 3.8) is 0 Å². The third-order valence-corrected chi connectivity index (χ3v) is 3.97. The van der Waals surface area contributed by atoms with Crippen LogP contribution >= 0.6 is 0 Å². The van der Waals surface area contributed by atoms with Gasteiger partial charge in [0.1, 0.15) is 0 Å². The highest BCUT2D eigenvalue weighted by Crippen LogP contribution is 2.26. The first-order chi connectivity index (χ1) is 10.7. The second-order valence-corrected chi connectivity index (χ2v) is 5.53. The Balaban J connectivity index is 2.16. The zero-order chi connectivity index (χ0) is 15.7. The second-order valence-electron chi connectivity index (χ2n) is 5.53. The van der Waals surface area contributed by atoms with E-state index in [0.29, 0.717) is 23.1 Å². The van der Waals surface area contributed by atoms with Crippen molar-refractivity contribution in [2.45, 2.75) is 39.3 Å². The van der Waals surface area contributed by atoms with E-state index < -0.39 is 0 Å². The number of aryl methyl sites for hydroxylation is 1. The highest BCUT2D eigenvalue weighted by Gasteiger charge is 2.16. The quantitative estimate of drug-likeness (QED) is 0.542. The van der Waals surface area contributed by atoms with Gasteiger partial charge in [-0.3, -0.25) is 9.48 Å².